The van der Waals surface area contributed by atoms with Crippen molar-refractivity contribution in [2.24, 2.45) is 12.0 Å². The number of hydrogen-bond donors (Lipinski definition) is 2. The number of hydrogen-bond acceptors (Lipinski definition) is 5. The summed E-state index contributed by atoms with van der Waals surface area (Å²) < 4.78 is 7.16. The van der Waals surface area contributed by atoms with Gasteiger partial charge in [0.1, 0.15) is 12.4 Å². The number of methoxy groups -OCH3 is 1. The molecule has 1 aliphatic carbocycles. The average Bonchev–Trinajstić information content (AvgIpc) is 3.05. The molecule has 3 rings (SSSR count). The molecular weight excluding hydrogens is 354 g/mol. The SMILES string of the molecule is COCCNC(=NCc1nnc(C)n1C)NC1CCN(C2CCCCC2)CC1. The maximum Gasteiger partial charge on any atom is 0.192 e. The number of aryl methyl sites for hydroxylation is 1. The Labute approximate surface area is 169 Å². The minimum Gasteiger partial charge on any atom is -0.383 e. The number of aliphatic imine (C=N–C) groups is 1. The van der Waals surface area contributed by atoms with Gasteiger partial charge in [-0.15, -0.1) is 10.2 Å². The maximum atomic E-state index is 5.17. The summed E-state index contributed by atoms with van der Waals surface area (Å²) in [7, 11) is 3.70. The minimum absolute atomic E-state index is 0.467. The van der Waals surface area contributed by atoms with Crippen LogP contribution in [0.1, 0.15) is 56.6 Å². The topological polar surface area (TPSA) is 79.6 Å². The number of aromatic nitrogens is 3. The van der Waals surface area contributed by atoms with Crippen LogP contribution in [0.3, 0.4) is 0 Å². The summed E-state index contributed by atoms with van der Waals surface area (Å²) in [6.45, 7) is 6.24. The van der Waals surface area contributed by atoms with Crippen LogP contribution in [0.15, 0.2) is 4.99 Å². The van der Waals surface area contributed by atoms with Crippen LogP contribution >= 0.6 is 0 Å². The van der Waals surface area contributed by atoms with Gasteiger partial charge < -0.3 is 24.8 Å². The number of guanidine groups is 1. The third-order valence-corrected chi connectivity index (χ3v) is 6.12. The first kappa shape index (κ1) is 21.0. The quantitative estimate of drug-likeness (QED) is 0.418. The van der Waals surface area contributed by atoms with E-state index in [2.05, 4.69) is 25.7 Å². The molecular formula is C20H37N7O. The van der Waals surface area contributed by atoms with Gasteiger partial charge in [0.15, 0.2) is 11.8 Å². The molecule has 1 saturated carbocycles. The predicted octanol–water partition coefficient (Wildman–Crippen LogP) is 1.60. The summed E-state index contributed by atoms with van der Waals surface area (Å²) in [5, 5.41) is 15.3. The normalized spacial score (nSPS) is 20.5. The third kappa shape index (κ3) is 5.91. The number of ether oxygens (including phenoxy) is 1. The maximum absolute atomic E-state index is 5.17. The molecule has 1 aromatic rings. The lowest BCUT2D eigenvalue weighted by Gasteiger charge is -2.39. The second-order valence-electron chi connectivity index (χ2n) is 8.05. The highest BCUT2D eigenvalue weighted by Gasteiger charge is 2.26. The Bertz CT molecular complexity index is 616. The van der Waals surface area contributed by atoms with E-state index >= 15 is 0 Å². The van der Waals surface area contributed by atoms with Gasteiger partial charge in [0, 0.05) is 45.9 Å². The molecule has 158 valence electrons. The zero-order valence-corrected chi connectivity index (χ0v) is 17.8. The van der Waals surface area contributed by atoms with E-state index in [1.54, 1.807) is 7.11 Å². The molecule has 0 amide bonds. The standard InChI is InChI=1S/C20H37N7O/c1-16-24-25-19(26(16)2)15-22-20(21-11-14-28-3)23-17-9-12-27(13-10-17)18-7-5-4-6-8-18/h17-18H,4-15H2,1-3H3,(H2,21,22,23). The molecule has 0 aromatic carbocycles. The van der Waals surface area contributed by atoms with Crippen LogP contribution in [0.4, 0.5) is 0 Å². The molecule has 0 radical (unpaired) electrons. The molecule has 0 atom stereocenters. The van der Waals surface area contributed by atoms with E-state index < -0.39 is 0 Å². The zero-order chi connectivity index (χ0) is 19.8. The predicted molar refractivity (Wildman–Crippen MR) is 111 cm³/mol. The van der Waals surface area contributed by atoms with Crippen molar-refractivity contribution in [1.82, 2.24) is 30.3 Å². The van der Waals surface area contributed by atoms with E-state index in [-0.39, 0.29) is 0 Å². The van der Waals surface area contributed by atoms with Crippen LogP contribution in [0.2, 0.25) is 0 Å². The Morgan fingerprint density at radius 2 is 1.89 bits per heavy atom. The fraction of sp³-hybridized carbons (Fsp3) is 0.850. The summed E-state index contributed by atoms with van der Waals surface area (Å²) in [6.07, 6.45) is 9.36. The molecule has 8 heteroatoms. The van der Waals surface area contributed by atoms with Gasteiger partial charge in [-0.25, -0.2) is 4.99 Å². The van der Waals surface area contributed by atoms with Gasteiger partial charge in [0.05, 0.1) is 6.61 Å². The fourth-order valence-electron chi connectivity index (χ4n) is 4.21. The van der Waals surface area contributed by atoms with Crippen molar-refractivity contribution in [3.05, 3.63) is 11.6 Å². The first-order chi connectivity index (χ1) is 13.7. The van der Waals surface area contributed by atoms with E-state index in [4.69, 9.17) is 9.73 Å². The first-order valence-corrected chi connectivity index (χ1v) is 10.8. The lowest BCUT2D eigenvalue weighted by Crippen LogP contribution is -2.51. The highest BCUT2D eigenvalue weighted by atomic mass is 16.5. The Kier molecular flexibility index (Phi) is 8.09. The van der Waals surface area contributed by atoms with Crippen LogP contribution in [0.5, 0.6) is 0 Å². The lowest BCUT2D eigenvalue weighted by atomic mass is 9.92. The Hall–Kier alpha value is -1.67. The van der Waals surface area contributed by atoms with E-state index in [1.807, 2.05) is 18.5 Å². The van der Waals surface area contributed by atoms with Gasteiger partial charge in [-0.2, -0.15) is 0 Å². The molecule has 2 heterocycles. The molecule has 0 spiro atoms. The van der Waals surface area contributed by atoms with Gasteiger partial charge in [-0.1, -0.05) is 19.3 Å². The van der Waals surface area contributed by atoms with E-state index in [0.29, 0.717) is 19.2 Å². The number of rotatable bonds is 7. The van der Waals surface area contributed by atoms with Crippen molar-refractivity contribution >= 4 is 5.96 Å². The summed E-state index contributed by atoms with van der Waals surface area (Å²) >= 11 is 0. The van der Waals surface area contributed by atoms with Crippen LogP contribution in [0.25, 0.3) is 0 Å². The molecule has 0 unspecified atom stereocenters. The summed E-state index contributed by atoms with van der Waals surface area (Å²) in [5.41, 5.74) is 0. The number of likely N-dealkylation sites (tertiary alicyclic amines) is 1. The van der Waals surface area contributed by atoms with Crippen LogP contribution < -0.4 is 10.6 Å². The summed E-state index contributed by atoms with van der Waals surface area (Å²) in [5.74, 6) is 2.62. The minimum atomic E-state index is 0.467. The molecule has 1 aromatic heterocycles. The highest BCUT2D eigenvalue weighted by Crippen LogP contribution is 2.25. The van der Waals surface area contributed by atoms with Gasteiger partial charge in [0.25, 0.3) is 0 Å². The molecule has 2 aliphatic rings. The molecule has 28 heavy (non-hydrogen) atoms. The van der Waals surface area contributed by atoms with Crippen molar-refractivity contribution in [3.8, 4) is 0 Å². The first-order valence-electron chi connectivity index (χ1n) is 10.8. The highest BCUT2D eigenvalue weighted by molar-refractivity contribution is 5.80. The second-order valence-corrected chi connectivity index (χ2v) is 8.05. The molecule has 2 N–H and O–H groups in total. The Morgan fingerprint density at radius 1 is 1.14 bits per heavy atom. The Morgan fingerprint density at radius 3 is 2.54 bits per heavy atom. The van der Waals surface area contributed by atoms with E-state index in [1.165, 1.54) is 58.0 Å². The van der Waals surface area contributed by atoms with E-state index in [9.17, 15) is 0 Å². The van der Waals surface area contributed by atoms with Crippen LogP contribution in [-0.4, -0.2) is 71.1 Å². The van der Waals surface area contributed by atoms with Crippen molar-refractivity contribution in [2.75, 3.05) is 33.4 Å². The monoisotopic (exact) mass is 391 g/mol. The molecule has 1 aliphatic heterocycles. The third-order valence-electron chi connectivity index (χ3n) is 6.12. The smallest absolute Gasteiger partial charge is 0.192 e. The average molecular weight is 392 g/mol. The lowest BCUT2D eigenvalue weighted by molar-refractivity contribution is 0.119. The van der Waals surface area contributed by atoms with Crippen molar-refractivity contribution in [2.45, 2.75) is 70.5 Å². The molecule has 0 bridgehead atoms. The summed E-state index contributed by atoms with van der Waals surface area (Å²) in [6, 6.07) is 1.29. The largest absolute Gasteiger partial charge is 0.383 e. The van der Waals surface area contributed by atoms with Gasteiger partial charge >= 0.3 is 0 Å². The number of nitrogens with zero attached hydrogens (tertiary/aromatic N) is 5. The zero-order valence-electron chi connectivity index (χ0n) is 17.8. The van der Waals surface area contributed by atoms with Gasteiger partial charge in [-0.3, -0.25) is 0 Å². The van der Waals surface area contributed by atoms with Crippen LogP contribution in [0, 0.1) is 6.92 Å². The van der Waals surface area contributed by atoms with Crippen LogP contribution in [-0.2, 0) is 18.3 Å². The molecule has 8 nitrogen and oxygen atoms in total. The van der Waals surface area contributed by atoms with Gasteiger partial charge in [0.2, 0.25) is 0 Å². The van der Waals surface area contributed by atoms with Gasteiger partial charge in [-0.05, 0) is 32.6 Å². The van der Waals surface area contributed by atoms with Crippen molar-refractivity contribution in [1.29, 1.82) is 0 Å². The molecule has 1 saturated heterocycles. The summed E-state index contributed by atoms with van der Waals surface area (Å²) in [4.78, 5) is 7.46. The number of piperidine rings is 1. The van der Waals surface area contributed by atoms with E-state index in [0.717, 1.165) is 30.2 Å². The van der Waals surface area contributed by atoms with Crippen molar-refractivity contribution < 1.29 is 4.74 Å². The Balaban J connectivity index is 1.52. The second kappa shape index (κ2) is 10.8. The molecule has 2 fully saturated rings. The van der Waals surface area contributed by atoms with Crippen molar-refractivity contribution in [3.63, 3.8) is 0 Å². The number of nitrogens with one attached hydrogen (secondary N) is 2. The fourth-order valence-corrected chi connectivity index (χ4v) is 4.21.